The van der Waals surface area contributed by atoms with Crippen LogP contribution in [0.1, 0.15) is 54.4 Å². The van der Waals surface area contributed by atoms with Gasteiger partial charge in [0.05, 0.1) is 26.0 Å². The van der Waals surface area contributed by atoms with E-state index in [1.165, 1.54) is 5.56 Å². The highest BCUT2D eigenvalue weighted by Gasteiger charge is 2.24. The van der Waals surface area contributed by atoms with E-state index < -0.39 is 0 Å². The molecule has 1 fully saturated rings. The fourth-order valence-corrected chi connectivity index (χ4v) is 4.75. The van der Waals surface area contributed by atoms with Crippen molar-refractivity contribution in [1.82, 2.24) is 14.7 Å². The van der Waals surface area contributed by atoms with Crippen molar-refractivity contribution < 1.29 is 18.7 Å². The van der Waals surface area contributed by atoms with Crippen molar-refractivity contribution in [2.45, 2.75) is 45.7 Å². The van der Waals surface area contributed by atoms with Crippen LogP contribution in [-0.4, -0.2) is 72.5 Å². The lowest BCUT2D eigenvalue weighted by atomic mass is 9.86. The summed E-state index contributed by atoms with van der Waals surface area (Å²) >= 11 is 0. The van der Waals surface area contributed by atoms with E-state index in [1.807, 2.05) is 66.7 Å². The third kappa shape index (κ3) is 8.53. The molecule has 1 saturated heterocycles. The molecule has 0 saturated carbocycles. The number of benzene rings is 2. The van der Waals surface area contributed by atoms with Crippen LogP contribution in [0.25, 0.3) is 0 Å². The molecule has 7 heteroatoms. The normalized spacial score (nSPS) is 14.2. The minimum Gasteiger partial charge on any atom is -0.467 e. The summed E-state index contributed by atoms with van der Waals surface area (Å²) in [7, 11) is 0. The largest absolute Gasteiger partial charge is 0.467 e. The van der Waals surface area contributed by atoms with Crippen molar-refractivity contribution in [3.05, 3.63) is 95.4 Å². The Labute approximate surface area is 232 Å². The number of carbonyl (C=O) groups excluding carboxylic acids is 2. The summed E-state index contributed by atoms with van der Waals surface area (Å²) in [6.07, 6.45) is 2.40. The molecule has 2 heterocycles. The van der Waals surface area contributed by atoms with Gasteiger partial charge in [-0.2, -0.15) is 0 Å². The number of ether oxygens (including phenoxy) is 1. The van der Waals surface area contributed by atoms with E-state index in [2.05, 4.69) is 25.7 Å². The van der Waals surface area contributed by atoms with Crippen molar-refractivity contribution in [3.8, 4) is 0 Å². The maximum atomic E-state index is 13.7. The van der Waals surface area contributed by atoms with Crippen LogP contribution in [0, 0.1) is 0 Å². The molecule has 7 nitrogen and oxygen atoms in total. The summed E-state index contributed by atoms with van der Waals surface area (Å²) in [5.41, 5.74) is 2.80. The Morgan fingerprint density at radius 2 is 1.59 bits per heavy atom. The van der Waals surface area contributed by atoms with Gasteiger partial charge in [-0.25, -0.2) is 0 Å². The number of nitrogens with zero attached hydrogens (tertiary/aromatic N) is 3. The Hall–Kier alpha value is -3.42. The summed E-state index contributed by atoms with van der Waals surface area (Å²) in [5.74, 6) is 0.479. The van der Waals surface area contributed by atoms with Crippen LogP contribution in [-0.2, 0) is 28.0 Å². The first kappa shape index (κ1) is 28.6. The standard InChI is InChI=1S/C32H41N3O4/c1-32(2,3)28-14-12-27(13-15-28)31(37)34(17-8-16-33-18-21-38-22-19-33)25-30(36)35(24-29-11-7-20-39-29)23-26-9-5-4-6-10-26/h4-7,9-15,20H,8,16-19,21-25H2,1-3H3. The Bertz CT molecular complexity index is 1160. The number of hydrogen-bond acceptors (Lipinski definition) is 5. The van der Waals surface area contributed by atoms with Crippen molar-refractivity contribution in [2.75, 3.05) is 45.9 Å². The maximum absolute atomic E-state index is 13.7. The van der Waals surface area contributed by atoms with Gasteiger partial charge in [0.15, 0.2) is 0 Å². The van der Waals surface area contributed by atoms with Crippen LogP contribution in [0.4, 0.5) is 0 Å². The van der Waals surface area contributed by atoms with Gasteiger partial charge in [-0.15, -0.1) is 0 Å². The van der Waals surface area contributed by atoms with Gasteiger partial charge in [0.2, 0.25) is 5.91 Å². The van der Waals surface area contributed by atoms with Crippen molar-refractivity contribution in [1.29, 1.82) is 0 Å². The molecule has 2 amide bonds. The SMILES string of the molecule is CC(C)(C)c1ccc(C(=O)N(CCCN2CCOCC2)CC(=O)N(Cc2ccccc2)Cc2ccco2)cc1. The molecular weight excluding hydrogens is 490 g/mol. The number of carbonyl (C=O) groups is 2. The lowest BCUT2D eigenvalue weighted by Gasteiger charge is -2.30. The Kier molecular flexibility index (Phi) is 9.96. The number of morpholine rings is 1. The molecular formula is C32H41N3O4. The van der Waals surface area contributed by atoms with Gasteiger partial charge in [0, 0.05) is 38.3 Å². The third-order valence-corrected chi connectivity index (χ3v) is 7.11. The Morgan fingerprint density at radius 1 is 0.872 bits per heavy atom. The number of hydrogen-bond donors (Lipinski definition) is 0. The molecule has 208 valence electrons. The fraction of sp³-hybridized carbons (Fsp3) is 0.438. The fourth-order valence-electron chi connectivity index (χ4n) is 4.75. The van der Waals surface area contributed by atoms with Gasteiger partial charge in [0.1, 0.15) is 12.3 Å². The van der Waals surface area contributed by atoms with E-state index in [0.717, 1.165) is 44.8 Å². The topological polar surface area (TPSA) is 66.2 Å². The van der Waals surface area contributed by atoms with E-state index in [-0.39, 0.29) is 23.8 Å². The zero-order valence-corrected chi connectivity index (χ0v) is 23.5. The summed E-state index contributed by atoms with van der Waals surface area (Å²) in [4.78, 5) is 33.3. The molecule has 0 N–H and O–H groups in total. The van der Waals surface area contributed by atoms with Crippen LogP contribution in [0.3, 0.4) is 0 Å². The number of rotatable bonds is 11. The van der Waals surface area contributed by atoms with Gasteiger partial charge in [-0.1, -0.05) is 63.2 Å². The zero-order chi connectivity index (χ0) is 27.7. The zero-order valence-electron chi connectivity index (χ0n) is 23.5. The second-order valence-electron chi connectivity index (χ2n) is 11.2. The monoisotopic (exact) mass is 531 g/mol. The molecule has 39 heavy (non-hydrogen) atoms. The summed E-state index contributed by atoms with van der Waals surface area (Å²) in [6, 6.07) is 21.4. The van der Waals surface area contributed by atoms with E-state index in [1.54, 1.807) is 16.1 Å². The highest BCUT2D eigenvalue weighted by molar-refractivity contribution is 5.96. The molecule has 0 bridgehead atoms. The second-order valence-corrected chi connectivity index (χ2v) is 11.2. The minimum absolute atomic E-state index is 0.000815. The lowest BCUT2D eigenvalue weighted by Crippen LogP contribution is -2.44. The molecule has 0 aliphatic carbocycles. The summed E-state index contributed by atoms with van der Waals surface area (Å²) in [6.45, 7) is 11.9. The predicted octanol–water partition coefficient (Wildman–Crippen LogP) is 4.97. The van der Waals surface area contributed by atoms with Crippen LogP contribution in [0.2, 0.25) is 0 Å². The molecule has 3 aromatic rings. The molecule has 1 aliphatic heterocycles. The highest BCUT2D eigenvalue weighted by Crippen LogP contribution is 2.23. The smallest absolute Gasteiger partial charge is 0.254 e. The summed E-state index contributed by atoms with van der Waals surface area (Å²) in [5, 5.41) is 0. The van der Waals surface area contributed by atoms with Gasteiger partial charge in [-0.05, 0) is 47.2 Å². The van der Waals surface area contributed by atoms with Gasteiger partial charge in [-0.3, -0.25) is 14.5 Å². The molecule has 0 atom stereocenters. The Morgan fingerprint density at radius 3 is 2.23 bits per heavy atom. The van der Waals surface area contributed by atoms with Crippen molar-refractivity contribution in [3.63, 3.8) is 0 Å². The van der Waals surface area contributed by atoms with Crippen molar-refractivity contribution in [2.24, 2.45) is 0 Å². The second kappa shape index (κ2) is 13.6. The van der Waals surface area contributed by atoms with Crippen LogP contribution < -0.4 is 0 Å². The molecule has 0 unspecified atom stereocenters. The predicted molar refractivity (Wildman–Crippen MR) is 152 cm³/mol. The molecule has 2 aromatic carbocycles. The first-order valence-corrected chi connectivity index (χ1v) is 13.8. The molecule has 4 rings (SSSR count). The van der Waals surface area contributed by atoms with E-state index in [4.69, 9.17) is 9.15 Å². The molecule has 1 aromatic heterocycles. The molecule has 0 radical (unpaired) electrons. The lowest BCUT2D eigenvalue weighted by molar-refractivity contribution is -0.133. The Balaban J connectivity index is 1.50. The minimum atomic E-state index is -0.122. The first-order chi connectivity index (χ1) is 18.8. The van der Waals surface area contributed by atoms with Gasteiger partial charge >= 0.3 is 0 Å². The first-order valence-electron chi connectivity index (χ1n) is 13.8. The van der Waals surface area contributed by atoms with E-state index >= 15 is 0 Å². The van der Waals surface area contributed by atoms with Crippen LogP contribution >= 0.6 is 0 Å². The maximum Gasteiger partial charge on any atom is 0.254 e. The van der Waals surface area contributed by atoms with Crippen molar-refractivity contribution >= 4 is 11.8 Å². The van der Waals surface area contributed by atoms with E-state index in [0.29, 0.717) is 31.0 Å². The average molecular weight is 532 g/mol. The summed E-state index contributed by atoms with van der Waals surface area (Å²) < 4.78 is 11.0. The third-order valence-electron chi connectivity index (χ3n) is 7.11. The highest BCUT2D eigenvalue weighted by atomic mass is 16.5. The molecule has 1 aliphatic rings. The van der Waals surface area contributed by atoms with E-state index in [9.17, 15) is 9.59 Å². The van der Waals surface area contributed by atoms with Gasteiger partial charge < -0.3 is 19.0 Å². The van der Waals surface area contributed by atoms with Crippen LogP contribution in [0.15, 0.2) is 77.4 Å². The quantitative estimate of drug-likeness (QED) is 0.350. The average Bonchev–Trinajstić information content (AvgIpc) is 3.46. The molecule has 0 spiro atoms. The number of furan rings is 1. The number of amides is 2. The van der Waals surface area contributed by atoms with Crippen LogP contribution in [0.5, 0.6) is 0 Å². The van der Waals surface area contributed by atoms with Gasteiger partial charge in [0.25, 0.3) is 5.91 Å².